The van der Waals surface area contributed by atoms with Gasteiger partial charge < -0.3 is 0 Å². The Hall–Kier alpha value is 1.24. The van der Waals surface area contributed by atoms with E-state index in [-0.39, 0.29) is 0 Å². The molecule has 0 atom stereocenters. The number of rotatable bonds is 0. The Morgan fingerprint density at radius 1 is 0.300 bits per heavy atom. The summed E-state index contributed by atoms with van der Waals surface area (Å²) in [7, 11) is 0. The Balaban J connectivity index is 3.53. The van der Waals surface area contributed by atoms with E-state index in [1.54, 1.807) is 0 Å². The normalized spacial score (nSPS) is 31.0. The van der Waals surface area contributed by atoms with E-state index in [9.17, 15) is 34.0 Å². The SMILES string of the molecule is [O]=[Mo]1(=[O])[O][Mo](=[O])(=[O])[O][Mo](=[O])(=[O])[O][Mo](=[O])(=[O])[O][Mo](=[O])(=[O])[O]1. The fourth-order valence-corrected chi connectivity index (χ4v) is 29.6. The third kappa shape index (κ3) is 6.56. The van der Waals surface area contributed by atoms with Crippen molar-refractivity contribution in [1.29, 1.82) is 0 Å². The zero-order chi connectivity index (χ0) is 16.0. The van der Waals surface area contributed by atoms with Gasteiger partial charge in [-0.1, -0.05) is 0 Å². The van der Waals surface area contributed by atoms with E-state index in [4.69, 9.17) is 0 Å². The van der Waals surface area contributed by atoms with Crippen molar-refractivity contribution in [2.75, 3.05) is 0 Å². The molecule has 15 nitrogen and oxygen atoms in total. The second-order valence-corrected chi connectivity index (χ2v) is 24.0. The second kappa shape index (κ2) is 5.71. The van der Waals surface area contributed by atoms with Gasteiger partial charge in [0.1, 0.15) is 0 Å². The molecule has 120 valence electrons. The molecular weight excluding hydrogens is 720 g/mol. The first-order valence-electron chi connectivity index (χ1n) is 3.33. The molecule has 1 saturated heterocycles. The molecule has 0 bridgehead atoms. The van der Waals surface area contributed by atoms with E-state index in [1.165, 1.54) is 0 Å². The zero-order valence-electron chi connectivity index (χ0n) is 8.16. The van der Waals surface area contributed by atoms with Crippen LogP contribution < -0.4 is 0 Å². The van der Waals surface area contributed by atoms with Gasteiger partial charge in [-0.15, -0.1) is 0 Å². The van der Waals surface area contributed by atoms with Crippen LogP contribution in [0.1, 0.15) is 0 Å². The Bertz CT molecular complexity index is 672. The molecule has 1 aliphatic heterocycles. The van der Waals surface area contributed by atoms with Crippen LogP contribution in [-0.4, -0.2) is 0 Å². The summed E-state index contributed by atoms with van der Waals surface area (Å²) >= 11 is -35.4. The number of hydrogen-bond acceptors (Lipinski definition) is 15. The minimum atomic E-state index is -7.08. The molecule has 0 saturated carbocycles. The number of hydrogen-bond donors (Lipinski definition) is 0. The van der Waals surface area contributed by atoms with Crippen LogP contribution in [0.2, 0.25) is 0 Å². The van der Waals surface area contributed by atoms with Crippen molar-refractivity contribution in [2.24, 2.45) is 0 Å². The molecule has 0 spiro atoms. The van der Waals surface area contributed by atoms with Crippen LogP contribution in [0.4, 0.5) is 0 Å². The van der Waals surface area contributed by atoms with Crippen LogP contribution in [0.25, 0.3) is 0 Å². The molecule has 0 aromatic rings. The van der Waals surface area contributed by atoms with Crippen LogP contribution in [-0.2, 0) is 128 Å². The van der Waals surface area contributed by atoms with Crippen LogP contribution >= 0.6 is 0 Å². The maximum atomic E-state index is 10.9. The van der Waals surface area contributed by atoms with Crippen molar-refractivity contribution in [1.82, 2.24) is 0 Å². The monoisotopic (exact) mass is 729 g/mol. The topological polar surface area (TPSA) is 217 Å². The van der Waals surface area contributed by atoms with E-state index >= 15 is 0 Å². The first-order chi connectivity index (χ1) is 8.54. The molecule has 0 aliphatic carbocycles. The van der Waals surface area contributed by atoms with Gasteiger partial charge in [-0.05, 0) is 0 Å². The predicted molar refractivity (Wildman–Crippen MR) is 12.3 cm³/mol. The Morgan fingerprint density at radius 2 is 0.400 bits per heavy atom. The van der Waals surface area contributed by atoms with Crippen molar-refractivity contribution in [3.8, 4) is 0 Å². The molecule has 0 unspecified atom stereocenters. The summed E-state index contributed by atoms with van der Waals surface area (Å²) in [6.07, 6.45) is 0. The third-order valence-electron chi connectivity index (χ3n) is 0.833. The van der Waals surface area contributed by atoms with Gasteiger partial charge in [0.05, 0.1) is 0 Å². The summed E-state index contributed by atoms with van der Waals surface area (Å²) in [5.74, 6) is 0. The molecule has 20 heteroatoms. The van der Waals surface area contributed by atoms with Gasteiger partial charge in [0.2, 0.25) is 0 Å². The Labute approximate surface area is 126 Å². The molecular formula is Mo5O15. The quantitative estimate of drug-likeness (QED) is 0.259. The average molecular weight is 720 g/mol. The predicted octanol–water partition coefficient (Wildman–Crippen LogP) is -1.54. The van der Waals surface area contributed by atoms with Gasteiger partial charge in [0, 0.05) is 0 Å². The van der Waals surface area contributed by atoms with Crippen molar-refractivity contribution in [2.45, 2.75) is 0 Å². The summed E-state index contributed by atoms with van der Waals surface area (Å²) in [5, 5.41) is 0. The van der Waals surface area contributed by atoms with Crippen LogP contribution in [0.5, 0.6) is 0 Å². The van der Waals surface area contributed by atoms with Gasteiger partial charge in [-0.3, -0.25) is 0 Å². The minimum absolute atomic E-state index is 3.21. The maximum absolute atomic E-state index is 10.9. The molecule has 0 radical (unpaired) electrons. The molecule has 1 aliphatic rings. The first-order valence-corrected chi connectivity index (χ1v) is 19.7. The molecule has 0 amide bonds. The average Bonchev–Trinajstić information content (AvgIpc) is 1.84. The van der Waals surface area contributed by atoms with Crippen LogP contribution in [0.3, 0.4) is 0 Å². The molecule has 0 aromatic heterocycles. The van der Waals surface area contributed by atoms with Gasteiger partial charge in [-0.2, -0.15) is 0 Å². The Morgan fingerprint density at radius 3 is 0.500 bits per heavy atom. The van der Waals surface area contributed by atoms with Crippen molar-refractivity contribution in [3.63, 3.8) is 0 Å². The molecule has 1 heterocycles. The summed E-state index contributed by atoms with van der Waals surface area (Å²) in [6.45, 7) is 0. The van der Waals surface area contributed by atoms with Crippen molar-refractivity contribution in [3.05, 3.63) is 0 Å². The van der Waals surface area contributed by atoms with Gasteiger partial charge in [0.25, 0.3) is 0 Å². The standard InChI is InChI=1S/5Mo.15O. The fourth-order valence-electron chi connectivity index (χ4n) is 0.567. The summed E-state index contributed by atoms with van der Waals surface area (Å²) in [6, 6.07) is 0. The first kappa shape index (κ1) is 19.3. The van der Waals surface area contributed by atoms with Gasteiger partial charge in [-0.25, -0.2) is 0 Å². The molecule has 0 aromatic carbocycles. The van der Waals surface area contributed by atoms with E-state index in [0.29, 0.717) is 0 Å². The van der Waals surface area contributed by atoms with E-state index < -0.39 is 83.7 Å². The summed E-state index contributed by atoms with van der Waals surface area (Å²) in [5.41, 5.74) is 0. The van der Waals surface area contributed by atoms with E-state index in [1.807, 2.05) is 0 Å². The summed E-state index contributed by atoms with van der Waals surface area (Å²) in [4.78, 5) is 0. The van der Waals surface area contributed by atoms with Crippen molar-refractivity contribution >= 4 is 0 Å². The van der Waals surface area contributed by atoms with Gasteiger partial charge >= 0.3 is 128 Å². The van der Waals surface area contributed by atoms with Gasteiger partial charge in [0.15, 0.2) is 0 Å². The van der Waals surface area contributed by atoms with E-state index in [0.717, 1.165) is 0 Å². The van der Waals surface area contributed by atoms with Crippen LogP contribution in [0, 0.1) is 0 Å². The van der Waals surface area contributed by atoms with E-state index in [2.05, 4.69) is 10.2 Å². The second-order valence-electron chi connectivity index (χ2n) is 2.38. The molecule has 20 heavy (non-hydrogen) atoms. The fraction of sp³-hybridized carbons (Fsp3) is 0. The zero-order valence-corrected chi connectivity index (χ0v) is 18.2. The molecule has 1 rings (SSSR count). The third-order valence-corrected chi connectivity index (χ3v) is 29.2. The van der Waals surface area contributed by atoms with Crippen LogP contribution in [0.15, 0.2) is 0 Å². The molecule has 0 N–H and O–H groups in total. The van der Waals surface area contributed by atoms with Crippen molar-refractivity contribution < 1.29 is 128 Å². The Kier molecular flexibility index (Phi) is 5.50. The summed E-state index contributed by atoms with van der Waals surface area (Å²) < 4.78 is 125. The molecule has 1 fully saturated rings.